The standard InChI is InChI=1S/C16H31F3N6O2S/c1-20-15(21-6-11-24-8-3-7-23(2)12-13-24)22-14-4-9-25(10-5-14)28(26,27)16(17,18)19/h14H,3-13H2,1-2H3,(H2,20,21,22). The van der Waals surface area contributed by atoms with Crippen molar-refractivity contribution < 1.29 is 21.6 Å². The minimum absolute atomic E-state index is 0.113. The normalized spacial score (nSPS) is 22.8. The van der Waals surface area contributed by atoms with Crippen LogP contribution in [0.3, 0.4) is 0 Å². The zero-order valence-corrected chi connectivity index (χ0v) is 17.3. The molecule has 0 aliphatic carbocycles. The predicted molar refractivity (Wildman–Crippen MR) is 103 cm³/mol. The van der Waals surface area contributed by atoms with Crippen LogP contribution in [0.4, 0.5) is 13.2 Å². The molecule has 164 valence electrons. The van der Waals surface area contributed by atoms with Gasteiger partial charge < -0.3 is 20.4 Å². The van der Waals surface area contributed by atoms with E-state index < -0.39 is 15.5 Å². The highest BCUT2D eigenvalue weighted by Gasteiger charge is 2.50. The second kappa shape index (κ2) is 10.1. The lowest BCUT2D eigenvalue weighted by molar-refractivity contribution is -0.0494. The summed E-state index contributed by atoms with van der Waals surface area (Å²) in [6.07, 6.45) is 1.74. The molecule has 8 nitrogen and oxygen atoms in total. The first-order valence-corrected chi connectivity index (χ1v) is 11.0. The van der Waals surface area contributed by atoms with Crippen LogP contribution in [0.25, 0.3) is 0 Å². The van der Waals surface area contributed by atoms with Gasteiger partial charge in [0.2, 0.25) is 0 Å². The summed E-state index contributed by atoms with van der Waals surface area (Å²) in [4.78, 5) is 8.87. The van der Waals surface area contributed by atoms with E-state index in [1.165, 1.54) is 0 Å². The Balaban J connectivity index is 1.72. The summed E-state index contributed by atoms with van der Waals surface area (Å²) in [5.74, 6) is 0.587. The molecule has 2 saturated heterocycles. The second-order valence-electron chi connectivity index (χ2n) is 7.27. The molecule has 2 fully saturated rings. The number of nitrogens with zero attached hydrogens (tertiary/aromatic N) is 4. The quantitative estimate of drug-likeness (QED) is 0.478. The van der Waals surface area contributed by atoms with E-state index in [-0.39, 0.29) is 19.1 Å². The molecule has 2 aliphatic rings. The van der Waals surface area contributed by atoms with Gasteiger partial charge in [-0.2, -0.15) is 17.5 Å². The predicted octanol–water partition coefficient (Wildman–Crippen LogP) is 0.103. The van der Waals surface area contributed by atoms with E-state index in [1.54, 1.807) is 7.05 Å². The minimum atomic E-state index is -5.24. The number of hydrogen-bond acceptors (Lipinski definition) is 5. The molecule has 12 heteroatoms. The van der Waals surface area contributed by atoms with Gasteiger partial charge in [-0.25, -0.2) is 8.42 Å². The average molecular weight is 429 g/mol. The maximum Gasteiger partial charge on any atom is 0.511 e. The zero-order chi connectivity index (χ0) is 20.8. The van der Waals surface area contributed by atoms with Crippen molar-refractivity contribution in [3.05, 3.63) is 0 Å². The van der Waals surface area contributed by atoms with E-state index in [1.807, 2.05) is 0 Å². The molecule has 0 bridgehead atoms. The van der Waals surface area contributed by atoms with Gasteiger partial charge in [0.05, 0.1) is 0 Å². The molecular formula is C16H31F3N6O2S. The van der Waals surface area contributed by atoms with Gasteiger partial charge in [0.25, 0.3) is 0 Å². The van der Waals surface area contributed by atoms with Crippen molar-refractivity contribution in [3.8, 4) is 0 Å². The SMILES string of the molecule is CN=C(NCCN1CCCN(C)CC1)NC1CCN(S(=O)(=O)C(F)(F)F)CC1. The number of halogens is 3. The first-order valence-electron chi connectivity index (χ1n) is 9.58. The van der Waals surface area contributed by atoms with Crippen LogP contribution in [0.2, 0.25) is 0 Å². The van der Waals surface area contributed by atoms with Crippen LogP contribution < -0.4 is 10.6 Å². The number of guanidine groups is 1. The highest BCUT2D eigenvalue weighted by molar-refractivity contribution is 7.90. The molecule has 2 heterocycles. The van der Waals surface area contributed by atoms with Gasteiger partial charge in [-0.3, -0.25) is 4.99 Å². The third-order valence-electron chi connectivity index (χ3n) is 5.18. The summed E-state index contributed by atoms with van der Waals surface area (Å²) >= 11 is 0. The van der Waals surface area contributed by atoms with Crippen LogP contribution in [0.5, 0.6) is 0 Å². The summed E-state index contributed by atoms with van der Waals surface area (Å²) in [7, 11) is -1.48. The molecule has 28 heavy (non-hydrogen) atoms. The monoisotopic (exact) mass is 428 g/mol. The number of piperidine rings is 1. The smallest absolute Gasteiger partial charge is 0.355 e. The van der Waals surface area contributed by atoms with Crippen LogP contribution in [0.15, 0.2) is 4.99 Å². The van der Waals surface area contributed by atoms with Crippen molar-refractivity contribution in [1.82, 2.24) is 24.7 Å². The molecule has 2 aliphatic heterocycles. The maximum atomic E-state index is 12.6. The molecule has 0 aromatic carbocycles. The van der Waals surface area contributed by atoms with E-state index in [4.69, 9.17) is 0 Å². The number of nitrogens with one attached hydrogen (secondary N) is 2. The summed E-state index contributed by atoms with van der Waals surface area (Å²) in [6.45, 7) is 5.53. The Kier molecular flexibility index (Phi) is 8.34. The summed E-state index contributed by atoms with van der Waals surface area (Å²) in [5.41, 5.74) is -5.24. The molecule has 0 unspecified atom stereocenters. The van der Waals surface area contributed by atoms with E-state index in [2.05, 4.69) is 32.5 Å². The van der Waals surface area contributed by atoms with Crippen molar-refractivity contribution in [3.63, 3.8) is 0 Å². The highest BCUT2D eigenvalue weighted by atomic mass is 32.2. The lowest BCUT2D eigenvalue weighted by Crippen LogP contribution is -2.52. The first-order chi connectivity index (χ1) is 13.1. The number of hydrogen-bond donors (Lipinski definition) is 2. The van der Waals surface area contributed by atoms with Crippen LogP contribution in [-0.4, -0.2) is 106 Å². The number of rotatable bonds is 5. The van der Waals surface area contributed by atoms with Crippen LogP contribution >= 0.6 is 0 Å². The Morgan fingerprint density at radius 1 is 1.11 bits per heavy atom. The van der Waals surface area contributed by atoms with Gasteiger partial charge in [0.15, 0.2) is 5.96 Å². The van der Waals surface area contributed by atoms with Crippen molar-refractivity contribution in [2.75, 3.05) is 66.5 Å². The van der Waals surface area contributed by atoms with Gasteiger partial charge in [0, 0.05) is 52.4 Å². The molecule has 0 amide bonds. The lowest BCUT2D eigenvalue weighted by atomic mass is 10.1. The van der Waals surface area contributed by atoms with E-state index >= 15 is 0 Å². The third kappa shape index (κ3) is 6.46. The largest absolute Gasteiger partial charge is 0.511 e. The molecule has 2 N–H and O–H groups in total. The number of alkyl halides is 3. The molecule has 0 atom stereocenters. The van der Waals surface area contributed by atoms with Gasteiger partial charge in [0.1, 0.15) is 0 Å². The minimum Gasteiger partial charge on any atom is -0.355 e. The first kappa shape index (κ1) is 23.2. The second-order valence-corrected chi connectivity index (χ2v) is 9.20. The van der Waals surface area contributed by atoms with Gasteiger partial charge in [-0.05, 0) is 39.4 Å². The Morgan fingerprint density at radius 3 is 2.39 bits per heavy atom. The van der Waals surface area contributed by atoms with Gasteiger partial charge in [-0.1, -0.05) is 0 Å². The summed E-state index contributed by atoms with van der Waals surface area (Å²) in [5, 5.41) is 6.42. The van der Waals surface area contributed by atoms with E-state index in [0.29, 0.717) is 29.7 Å². The average Bonchev–Trinajstić information content (AvgIpc) is 2.84. The molecule has 0 saturated carbocycles. The van der Waals surface area contributed by atoms with Gasteiger partial charge in [-0.15, -0.1) is 0 Å². The third-order valence-corrected chi connectivity index (χ3v) is 6.81. The Labute approximate surface area is 165 Å². The molecule has 0 aromatic rings. The molecule has 0 radical (unpaired) electrons. The Hall–Kier alpha value is -1.11. The molecular weight excluding hydrogens is 397 g/mol. The fraction of sp³-hybridized carbons (Fsp3) is 0.938. The fourth-order valence-corrected chi connectivity index (χ4v) is 4.42. The zero-order valence-electron chi connectivity index (χ0n) is 16.5. The van der Waals surface area contributed by atoms with Crippen LogP contribution in [-0.2, 0) is 10.0 Å². The lowest BCUT2D eigenvalue weighted by Gasteiger charge is -2.32. The highest BCUT2D eigenvalue weighted by Crippen LogP contribution is 2.28. The van der Waals surface area contributed by atoms with Gasteiger partial charge >= 0.3 is 15.5 Å². The van der Waals surface area contributed by atoms with Crippen LogP contribution in [0, 0.1) is 0 Å². The molecule has 0 aromatic heterocycles. The van der Waals surface area contributed by atoms with Crippen molar-refractivity contribution >= 4 is 16.0 Å². The fourth-order valence-electron chi connectivity index (χ4n) is 3.43. The van der Waals surface area contributed by atoms with E-state index in [9.17, 15) is 21.6 Å². The molecule has 2 rings (SSSR count). The van der Waals surface area contributed by atoms with Crippen LogP contribution in [0.1, 0.15) is 19.3 Å². The van der Waals surface area contributed by atoms with Crippen molar-refractivity contribution in [2.45, 2.75) is 30.8 Å². The number of likely N-dealkylation sites (N-methyl/N-ethyl adjacent to an activating group) is 1. The topological polar surface area (TPSA) is 80.3 Å². The molecule has 0 spiro atoms. The van der Waals surface area contributed by atoms with Crippen molar-refractivity contribution in [2.24, 2.45) is 4.99 Å². The number of sulfonamides is 1. The summed E-state index contributed by atoms with van der Waals surface area (Å²) in [6, 6.07) is -0.113. The summed E-state index contributed by atoms with van der Waals surface area (Å²) < 4.78 is 61.4. The van der Waals surface area contributed by atoms with Crippen molar-refractivity contribution in [1.29, 1.82) is 0 Å². The maximum absolute atomic E-state index is 12.6. The Morgan fingerprint density at radius 2 is 1.79 bits per heavy atom. The number of aliphatic imine (C=N–C) groups is 1. The Bertz CT molecular complexity index is 620. The van der Waals surface area contributed by atoms with E-state index in [0.717, 1.165) is 39.1 Å².